The van der Waals surface area contributed by atoms with Crippen LogP contribution in [0.3, 0.4) is 0 Å². The molecule has 3 N–H and O–H groups in total. The number of urea groups is 2. The third kappa shape index (κ3) is 13.1. The summed E-state index contributed by atoms with van der Waals surface area (Å²) >= 11 is 0. The topological polar surface area (TPSA) is 230 Å². The molecule has 5 saturated heterocycles. The van der Waals surface area contributed by atoms with Crippen LogP contribution in [0.1, 0.15) is 33.4 Å². The molecule has 5 aliphatic rings. The van der Waals surface area contributed by atoms with Crippen molar-refractivity contribution in [3.05, 3.63) is 191 Å². The Morgan fingerprint density at radius 3 is 1.78 bits per heavy atom. The van der Waals surface area contributed by atoms with Crippen molar-refractivity contribution >= 4 is 57.5 Å². The molecule has 6 aromatic carbocycles. The number of hydrogen-bond donors (Lipinski definition) is 3. The molecule has 0 radical (unpaired) electrons. The number of benzene rings is 6. The molecule has 5 aliphatic heterocycles. The van der Waals surface area contributed by atoms with Crippen molar-refractivity contribution < 1.29 is 43.3 Å². The second-order valence-corrected chi connectivity index (χ2v) is 24.2. The van der Waals surface area contributed by atoms with E-state index in [0.29, 0.717) is 38.5 Å². The van der Waals surface area contributed by atoms with Crippen LogP contribution in [0.15, 0.2) is 158 Å². The van der Waals surface area contributed by atoms with E-state index in [1.807, 2.05) is 132 Å². The van der Waals surface area contributed by atoms with Crippen molar-refractivity contribution in [2.75, 3.05) is 66.5 Å². The number of rotatable bonds is 18. The normalized spacial score (nSPS) is 20.7. The van der Waals surface area contributed by atoms with E-state index < -0.39 is 42.8 Å². The number of terminal acetylenes is 1. The average molecular weight is 1260 g/mol. The lowest BCUT2D eigenvalue weighted by molar-refractivity contribution is -0.187. The molecular formula is C69H73N15O9. The average Bonchev–Trinajstić information content (AvgIpc) is 1.36. The molecule has 478 valence electrons. The second-order valence-electron chi connectivity index (χ2n) is 24.2. The Labute approximate surface area is 537 Å². The number of likely N-dealkylation sites (N-methyl/N-ethyl adjacent to an activating group) is 2. The van der Waals surface area contributed by atoms with Gasteiger partial charge in [-0.05, 0) is 63.7 Å². The van der Waals surface area contributed by atoms with Crippen LogP contribution in [0.25, 0.3) is 21.8 Å². The molecule has 0 aliphatic carbocycles. The fourth-order valence-corrected chi connectivity index (χ4v) is 13.5. The maximum absolute atomic E-state index is 14.9. The van der Waals surface area contributed by atoms with E-state index in [4.69, 9.17) is 21.0 Å². The number of nitrogens with zero attached hydrogens (tertiary/aromatic N) is 13. The maximum atomic E-state index is 14.9. The molecule has 24 nitrogen and oxygen atoms in total. The van der Waals surface area contributed by atoms with Crippen molar-refractivity contribution in [1.82, 2.24) is 74.7 Å². The lowest BCUT2D eigenvalue weighted by Crippen LogP contribution is -2.76. The van der Waals surface area contributed by atoms with Crippen molar-refractivity contribution in [3.63, 3.8) is 0 Å². The van der Waals surface area contributed by atoms with E-state index in [2.05, 4.69) is 26.6 Å². The third-order valence-electron chi connectivity index (χ3n) is 18.0. The smallest absolute Gasteiger partial charge is 0.334 e. The minimum Gasteiger partial charge on any atom is -0.508 e. The molecule has 24 heteroatoms. The number of amides is 8. The monoisotopic (exact) mass is 1260 g/mol. The molecule has 93 heavy (non-hydrogen) atoms. The van der Waals surface area contributed by atoms with Crippen molar-refractivity contribution in [2.24, 2.45) is 0 Å². The molecule has 5 atom stereocenters. The number of carbonyl (C=O) groups excluding carboxylic acids is 6. The Bertz CT molecular complexity index is 4110. The molecule has 0 bridgehead atoms. The zero-order valence-electron chi connectivity index (χ0n) is 51.8. The van der Waals surface area contributed by atoms with Gasteiger partial charge in [0, 0.05) is 77.0 Å². The maximum Gasteiger partial charge on any atom is 0.334 e. The number of hydrazine groups is 2. The number of phenolic OH excluding ortho intramolecular Hbond substituents is 1. The van der Waals surface area contributed by atoms with Crippen LogP contribution in [0.2, 0.25) is 0 Å². The van der Waals surface area contributed by atoms with Gasteiger partial charge in [-0.3, -0.25) is 33.4 Å². The van der Waals surface area contributed by atoms with Gasteiger partial charge >= 0.3 is 12.1 Å². The number of carbonyl (C=O) groups is 6. The molecular weight excluding hydrogens is 1180 g/mol. The zero-order chi connectivity index (χ0) is 64.3. The SMILES string of the molecule is C#CCn1ncc2ccc(CN3C[C@H]4N(C(=O)CN(C)N4C(=O)NCc4ccccc4)[C@@H](Cc4ccc(OC5CN(CCn6ncc7cccc(CN8C[C@H]9N(C(=O)CN(C)N9C(=O)NCc9ccccc9)[C@@H](Cc9ccc(O)cc9)C8=O)c76)CCO5)cc4)C3=O)cc21. The number of piperazine rings is 2. The summed E-state index contributed by atoms with van der Waals surface area (Å²) in [6.45, 7) is 3.74. The van der Waals surface area contributed by atoms with E-state index in [9.17, 15) is 33.9 Å². The van der Waals surface area contributed by atoms with Gasteiger partial charge in [0.05, 0.1) is 69.3 Å². The largest absolute Gasteiger partial charge is 0.508 e. The van der Waals surface area contributed by atoms with Crippen LogP contribution in [0, 0.1) is 12.3 Å². The van der Waals surface area contributed by atoms with Gasteiger partial charge < -0.3 is 44.8 Å². The minimum atomic E-state index is -0.940. The van der Waals surface area contributed by atoms with E-state index in [0.717, 1.165) is 55.2 Å². The van der Waals surface area contributed by atoms with Gasteiger partial charge in [-0.2, -0.15) is 10.2 Å². The van der Waals surface area contributed by atoms with Crippen LogP contribution in [0.5, 0.6) is 11.5 Å². The van der Waals surface area contributed by atoms with E-state index >= 15 is 0 Å². The van der Waals surface area contributed by atoms with Crippen LogP contribution in [-0.4, -0.2) is 202 Å². The number of phenols is 1. The van der Waals surface area contributed by atoms with Crippen LogP contribution in [-0.2, 0) is 76.0 Å². The molecule has 1 unspecified atom stereocenters. The van der Waals surface area contributed by atoms with E-state index in [-0.39, 0.29) is 101 Å². The third-order valence-corrected chi connectivity index (χ3v) is 18.0. The first kappa shape index (κ1) is 61.5. The summed E-state index contributed by atoms with van der Waals surface area (Å²) < 4.78 is 16.3. The highest BCUT2D eigenvalue weighted by molar-refractivity contribution is 5.93. The number of morpholine rings is 1. The number of aromatic nitrogens is 4. The Kier molecular flexibility index (Phi) is 17.8. The molecule has 13 rings (SSSR count). The Morgan fingerprint density at radius 1 is 0.624 bits per heavy atom. The number of hydrogen-bond acceptors (Lipinski definition) is 14. The summed E-state index contributed by atoms with van der Waals surface area (Å²) in [4.78, 5) is 95.4. The molecule has 2 aromatic heterocycles. The summed E-state index contributed by atoms with van der Waals surface area (Å²) in [7, 11) is 3.41. The highest BCUT2D eigenvalue weighted by Crippen LogP contribution is 2.33. The molecule has 0 spiro atoms. The number of ether oxygens (including phenoxy) is 2. The predicted molar refractivity (Wildman–Crippen MR) is 343 cm³/mol. The molecule has 0 saturated carbocycles. The number of para-hydroxylation sites is 1. The number of nitrogens with one attached hydrogen (secondary N) is 2. The lowest BCUT2D eigenvalue weighted by Gasteiger charge is -2.54. The fraction of sp³-hybridized carbons (Fsp3) is 0.333. The van der Waals surface area contributed by atoms with Crippen molar-refractivity contribution in [3.8, 4) is 23.8 Å². The standard InChI is InChI=1S/C69H73N15O9/c1-4-28-79-57-35-51(18-23-52(57)38-72-79)40-77-42-60-81(62(86)44-74(2)83(60)68(90)70-36-49-12-7-5-8-13-49)58(66(77)88)34-48-21-26-56(27-22-48)93-64-46-76(31-32-92-64)29-30-80-65-53(39-73-80)16-11-17-54(65)41-78-43-61-82(59(67(78)89)33-47-19-24-55(85)25-20-47)63(87)45-75(3)84(61)69(91)71-37-50-14-9-6-10-15-50/h1,5-27,35,38-39,58-61,64,85H,28-34,36-37,40-46H2,2-3H3,(H,70,90)(H,71,91)/t58-,59-,60-,61-,64?/m0/s1. The Balaban J connectivity index is 0.685. The minimum absolute atomic E-state index is 0.0530. The first-order valence-electron chi connectivity index (χ1n) is 31.3. The predicted octanol–water partition coefficient (Wildman–Crippen LogP) is 4.82. The first-order valence-corrected chi connectivity index (χ1v) is 31.3. The van der Waals surface area contributed by atoms with Gasteiger partial charge in [-0.15, -0.1) is 6.42 Å². The molecule has 7 heterocycles. The van der Waals surface area contributed by atoms with Gasteiger partial charge in [0.2, 0.25) is 29.9 Å². The number of aromatic hydroxyl groups is 1. The Morgan fingerprint density at radius 2 is 1.18 bits per heavy atom. The molecule has 8 amide bonds. The van der Waals surface area contributed by atoms with E-state index in [1.165, 1.54) is 0 Å². The van der Waals surface area contributed by atoms with Crippen LogP contribution >= 0.6 is 0 Å². The van der Waals surface area contributed by atoms with Gasteiger partial charge in [0.15, 0.2) is 0 Å². The lowest BCUT2D eigenvalue weighted by atomic mass is 9.98. The summed E-state index contributed by atoms with van der Waals surface area (Å²) in [6, 6.07) is 42.3. The summed E-state index contributed by atoms with van der Waals surface area (Å²) in [5.41, 5.74) is 6.75. The highest BCUT2D eigenvalue weighted by Gasteiger charge is 2.52. The highest BCUT2D eigenvalue weighted by atomic mass is 16.7. The van der Waals surface area contributed by atoms with Gasteiger partial charge in [0.1, 0.15) is 42.5 Å². The fourth-order valence-electron chi connectivity index (χ4n) is 13.5. The quantitative estimate of drug-likeness (QED) is 0.0979. The van der Waals surface area contributed by atoms with Crippen molar-refractivity contribution in [2.45, 2.75) is 82.8 Å². The first-order chi connectivity index (χ1) is 45.2. The van der Waals surface area contributed by atoms with Crippen LogP contribution in [0.4, 0.5) is 9.59 Å². The van der Waals surface area contributed by atoms with Crippen LogP contribution < -0.4 is 15.4 Å². The molecule has 5 fully saturated rings. The summed E-state index contributed by atoms with van der Waals surface area (Å²) in [5.74, 6) is 2.25. The summed E-state index contributed by atoms with van der Waals surface area (Å²) in [6.07, 6.45) is 7.34. The second kappa shape index (κ2) is 26.9. The van der Waals surface area contributed by atoms with Gasteiger partial charge in [-0.25, -0.2) is 29.6 Å². The Hall–Kier alpha value is -10.3. The molecule has 8 aromatic rings. The van der Waals surface area contributed by atoms with Gasteiger partial charge in [-0.1, -0.05) is 121 Å². The van der Waals surface area contributed by atoms with Gasteiger partial charge in [0.25, 0.3) is 0 Å². The number of fused-ring (bicyclic) bond motifs is 4. The van der Waals surface area contributed by atoms with E-state index in [1.54, 1.807) is 88.9 Å². The zero-order valence-corrected chi connectivity index (χ0v) is 51.8. The summed E-state index contributed by atoms with van der Waals surface area (Å²) in [5, 5.41) is 33.6. The van der Waals surface area contributed by atoms with Crippen molar-refractivity contribution in [1.29, 1.82) is 0 Å².